The van der Waals surface area contributed by atoms with E-state index < -0.39 is 81.8 Å². The number of carbonyl (C=O) groups is 3. The van der Waals surface area contributed by atoms with Crippen molar-refractivity contribution in [3.05, 3.63) is 0 Å². The molecule has 0 saturated heterocycles. The lowest BCUT2D eigenvalue weighted by atomic mass is 9.82. The maximum Gasteiger partial charge on any atom is 0.441 e. The lowest BCUT2D eigenvalue weighted by Crippen LogP contribution is -2.72. The third-order valence-electron chi connectivity index (χ3n) is 7.63. The van der Waals surface area contributed by atoms with Crippen LogP contribution >= 0.6 is 0 Å². The normalized spacial score (nSPS) is 14.7. The van der Waals surface area contributed by atoms with Crippen LogP contribution in [0.3, 0.4) is 0 Å². The Balaban J connectivity index is 0. The third kappa shape index (κ3) is 9.58. The van der Waals surface area contributed by atoms with Crippen LogP contribution in [0.4, 0.5) is 52.7 Å². The van der Waals surface area contributed by atoms with Gasteiger partial charge in [0.2, 0.25) is 0 Å². The minimum atomic E-state index is -6.09. The van der Waals surface area contributed by atoms with Crippen molar-refractivity contribution < 1.29 is 86.4 Å². The molecular weight excluding hydrogens is 676 g/mol. The van der Waals surface area contributed by atoms with Crippen LogP contribution in [0.25, 0.3) is 0 Å². The molecule has 19 heteroatoms. The molecule has 0 fully saturated rings. The van der Waals surface area contributed by atoms with E-state index in [1.54, 1.807) is 0 Å². The summed E-state index contributed by atoms with van der Waals surface area (Å²) in [4.78, 5) is 35.6. The SMILES string of the molecule is CCC(C)(C)C(=O)OC(C)(C)C(O)(C(F)(F)F)C(F)(F)F.CCC(C)(C)C(=O)OC(C)(C)C(OC(=O)C(C)C)(C(F)(F)F)C(F)(F)F. The van der Waals surface area contributed by atoms with Crippen molar-refractivity contribution >= 4 is 17.9 Å². The fourth-order valence-electron chi connectivity index (χ4n) is 3.37. The largest absolute Gasteiger partial charge is 0.455 e. The maximum atomic E-state index is 13.6. The van der Waals surface area contributed by atoms with Gasteiger partial charge in [-0.05, 0) is 68.2 Å². The summed E-state index contributed by atoms with van der Waals surface area (Å²) in [7, 11) is 0. The number of hydrogen-bond donors (Lipinski definition) is 1. The minimum Gasteiger partial charge on any atom is -0.455 e. The van der Waals surface area contributed by atoms with Crippen molar-refractivity contribution in [2.24, 2.45) is 16.7 Å². The predicted molar refractivity (Wildman–Crippen MR) is 141 cm³/mol. The molecule has 0 amide bonds. The van der Waals surface area contributed by atoms with Crippen molar-refractivity contribution in [1.29, 1.82) is 0 Å². The fourth-order valence-corrected chi connectivity index (χ4v) is 3.37. The van der Waals surface area contributed by atoms with Gasteiger partial charge in [0, 0.05) is 0 Å². The summed E-state index contributed by atoms with van der Waals surface area (Å²) in [5.41, 5.74) is -19.3. The van der Waals surface area contributed by atoms with Gasteiger partial charge in [-0.3, -0.25) is 14.4 Å². The van der Waals surface area contributed by atoms with Crippen LogP contribution in [0.5, 0.6) is 0 Å². The van der Waals surface area contributed by atoms with Gasteiger partial charge in [-0.15, -0.1) is 0 Å². The van der Waals surface area contributed by atoms with Gasteiger partial charge in [0.15, 0.2) is 11.2 Å². The number of esters is 3. The summed E-state index contributed by atoms with van der Waals surface area (Å²) in [6.45, 7) is 12.0. The summed E-state index contributed by atoms with van der Waals surface area (Å²) in [5.74, 6) is -5.53. The van der Waals surface area contributed by atoms with Crippen LogP contribution in [-0.4, -0.2) is 70.1 Å². The van der Waals surface area contributed by atoms with Crippen LogP contribution < -0.4 is 0 Å². The van der Waals surface area contributed by atoms with E-state index in [0.29, 0.717) is 27.7 Å². The summed E-state index contributed by atoms with van der Waals surface area (Å²) in [6.07, 6.45) is -24.1. The fraction of sp³-hybridized carbons (Fsp3) is 0.893. The number of aliphatic hydroxyl groups is 1. The number of ether oxygens (including phenoxy) is 3. The summed E-state index contributed by atoms with van der Waals surface area (Å²) in [5, 5.41) is 9.27. The second-order valence-corrected chi connectivity index (χ2v) is 13.2. The van der Waals surface area contributed by atoms with Gasteiger partial charge in [-0.1, -0.05) is 27.7 Å². The summed E-state index contributed by atoms with van der Waals surface area (Å²) in [6, 6.07) is 0. The lowest BCUT2D eigenvalue weighted by Gasteiger charge is -2.46. The average molecular weight is 719 g/mol. The van der Waals surface area contributed by atoms with Crippen LogP contribution in [0.2, 0.25) is 0 Å². The molecule has 0 radical (unpaired) electrons. The van der Waals surface area contributed by atoms with Gasteiger partial charge in [-0.2, -0.15) is 52.7 Å². The molecule has 0 bridgehead atoms. The topological polar surface area (TPSA) is 99.1 Å². The molecule has 280 valence electrons. The Morgan fingerprint density at radius 2 is 0.809 bits per heavy atom. The van der Waals surface area contributed by atoms with Crippen molar-refractivity contribution in [1.82, 2.24) is 0 Å². The first-order chi connectivity index (χ1) is 20.2. The number of carbonyl (C=O) groups excluding carboxylic acids is 3. The Bertz CT molecular complexity index is 1070. The lowest BCUT2D eigenvalue weighted by molar-refractivity contribution is -0.409. The predicted octanol–water partition coefficient (Wildman–Crippen LogP) is 8.41. The first-order valence-electron chi connectivity index (χ1n) is 13.9. The molecule has 0 atom stereocenters. The highest BCUT2D eigenvalue weighted by Gasteiger charge is 2.83. The average Bonchev–Trinajstić information content (AvgIpc) is 2.82. The Morgan fingerprint density at radius 3 is 1.02 bits per heavy atom. The molecule has 1 N–H and O–H groups in total. The maximum absolute atomic E-state index is 13.6. The van der Waals surface area contributed by atoms with Crippen LogP contribution in [0.1, 0.15) is 95.9 Å². The molecule has 0 aliphatic carbocycles. The van der Waals surface area contributed by atoms with Gasteiger partial charge in [0.05, 0.1) is 16.7 Å². The van der Waals surface area contributed by atoms with Crippen LogP contribution in [0.15, 0.2) is 0 Å². The number of hydrogen-bond acceptors (Lipinski definition) is 7. The van der Waals surface area contributed by atoms with Crippen molar-refractivity contribution in [3.8, 4) is 0 Å². The minimum absolute atomic E-state index is 0.110. The first kappa shape index (κ1) is 46.6. The molecule has 0 aromatic rings. The van der Waals surface area contributed by atoms with E-state index in [2.05, 4.69) is 14.2 Å². The second-order valence-electron chi connectivity index (χ2n) is 13.2. The van der Waals surface area contributed by atoms with Crippen molar-refractivity contribution in [2.75, 3.05) is 0 Å². The van der Waals surface area contributed by atoms with Gasteiger partial charge in [-0.25, -0.2) is 0 Å². The Hall–Kier alpha value is -2.47. The molecule has 7 nitrogen and oxygen atoms in total. The standard InChI is InChI=1S/C16H24F6O4.C12H18F6O3/c1-8-12(4,5)11(24)26-13(6,7)14(15(17,18)19,16(20,21)22)25-10(23)9(2)3;1-6-8(2,3)7(19)21-9(4,5)10(20,11(13,14)15)12(16,17)18/h9H,8H2,1-7H3;20H,6H2,1-5H3. The molecule has 0 saturated carbocycles. The number of rotatable bonds is 10. The molecule has 0 heterocycles. The van der Waals surface area contributed by atoms with Gasteiger partial charge >= 0.3 is 48.2 Å². The second kappa shape index (κ2) is 14.2. The molecule has 0 aliphatic rings. The number of halogens is 12. The summed E-state index contributed by atoms with van der Waals surface area (Å²) >= 11 is 0. The zero-order chi connectivity index (χ0) is 38.8. The van der Waals surface area contributed by atoms with Crippen LogP contribution in [-0.2, 0) is 28.6 Å². The van der Waals surface area contributed by atoms with Crippen LogP contribution in [0, 0.1) is 16.7 Å². The Morgan fingerprint density at radius 1 is 0.532 bits per heavy atom. The smallest absolute Gasteiger partial charge is 0.441 e. The molecule has 0 aromatic carbocycles. The molecule has 0 rings (SSSR count). The van der Waals surface area contributed by atoms with Gasteiger partial charge in [0.25, 0.3) is 5.60 Å². The van der Waals surface area contributed by atoms with Crippen molar-refractivity contribution in [3.63, 3.8) is 0 Å². The van der Waals surface area contributed by atoms with E-state index in [4.69, 9.17) is 0 Å². The zero-order valence-electron chi connectivity index (χ0n) is 27.9. The van der Waals surface area contributed by atoms with E-state index in [-0.39, 0.29) is 12.8 Å². The highest BCUT2D eigenvalue weighted by molar-refractivity contribution is 5.77. The first-order valence-corrected chi connectivity index (χ1v) is 13.9. The van der Waals surface area contributed by atoms with E-state index in [1.165, 1.54) is 41.5 Å². The number of alkyl halides is 12. The molecule has 0 aromatic heterocycles. The highest BCUT2D eigenvalue weighted by Crippen LogP contribution is 2.54. The molecular formula is C28H42F12O7. The molecule has 0 unspecified atom stereocenters. The molecule has 0 aliphatic heterocycles. The van der Waals surface area contributed by atoms with E-state index in [1.807, 2.05) is 0 Å². The Kier molecular flexibility index (Phi) is 14.1. The Labute approximate surface area is 264 Å². The van der Waals surface area contributed by atoms with Crippen molar-refractivity contribution in [2.45, 2.75) is 143 Å². The van der Waals surface area contributed by atoms with E-state index >= 15 is 0 Å². The van der Waals surface area contributed by atoms with E-state index in [9.17, 15) is 72.2 Å². The zero-order valence-corrected chi connectivity index (χ0v) is 27.9. The highest BCUT2D eigenvalue weighted by atomic mass is 19.4. The summed E-state index contributed by atoms with van der Waals surface area (Å²) < 4.78 is 171. The monoisotopic (exact) mass is 718 g/mol. The quantitative estimate of drug-likeness (QED) is 0.138. The third-order valence-corrected chi connectivity index (χ3v) is 7.63. The van der Waals surface area contributed by atoms with Gasteiger partial charge < -0.3 is 19.3 Å². The molecule has 47 heavy (non-hydrogen) atoms. The molecule has 0 spiro atoms. The van der Waals surface area contributed by atoms with E-state index in [0.717, 1.165) is 13.8 Å². The van der Waals surface area contributed by atoms with Gasteiger partial charge in [0.1, 0.15) is 0 Å².